The van der Waals surface area contributed by atoms with Gasteiger partial charge in [-0.1, -0.05) is 66.8 Å². The zero-order valence-corrected chi connectivity index (χ0v) is 20.7. The van der Waals surface area contributed by atoms with Gasteiger partial charge in [0.25, 0.3) is 0 Å². The van der Waals surface area contributed by atoms with E-state index in [1.165, 1.54) is 0 Å². The van der Waals surface area contributed by atoms with Crippen molar-refractivity contribution in [1.82, 2.24) is 0 Å². The van der Waals surface area contributed by atoms with E-state index in [0.29, 0.717) is 0 Å². The molecule has 2 heterocycles. The molecule has 4 nitrogen and oxygen atoms in total. The molecule has 0 saturated carbocycles. The summed E-state index contributed by atoms with van der Waals surface area (Å²) in [5.74, 6) is -0.122. The van der Waals surface area contributed by atoms with Crippen molar-refractivity contribution in [2.24, 2.45) is 0 Å². The van der Waals surface area contributed by atoms with Crippen LogP contribution in [0.3, 0.4) is 0 Å². The molecule has 3 aliphatic rings. The van der Waals surface area contributed by atoms with Gasteiger partial charge in [-0.2, -0.15) is 0 Å². The lowest BCUT2D eigenvalue weighted by Crippen LogP contribution is -2.43. The Morgan fingerprint density at radius 3 is 1.81 bits per heavy atom. The summed E-state index contributed by atoms with van der Waals surface area (Å²) in [6, 6.07) is 10.3. The molecule has 2 saturated heterocycles. The summed E-state index contributed by atoms with van der Waals surface area (Å²) in [5, 5.41) is -0.600. The standard InChI is InChI=1S/C26H36B2O4/c1-22(2)23(3,4)30-27(29-22)21-16-12-13-18-26(21,19-17-20-14-10-9-11-15-20)28-31-24(5,6)25(7,8)32-28/h9-19,21H,1-8H3/b19-17+. The van der Waals surface area contributed by atoms with E-state index in [1.54, 1.807) is 0 Å². The van der Waals surface area contributed by atoms with Crippen molar-refractivity contribution in [1.29, 1.82) is 0 Å². The number of hydrogen-bond donors (Lipinski definition) is 0. The maximum absolute atomic E-state index is 6.62. The summed E-state index contributed by atoms with van der Waals surface area (Å²) in [4.78, 5) is 0. The van der Waals surface area contributed by atoms with E-state index in [2.05, 4.69) is 104 Å². The first kappa shape index (κ1) is 23.6. The SMILES string of the molecule is CC1(C)OB(C2C=CC=CC2(/C=C/c2ccccc2)B2OC(C)(C)C(C)(C)O2)OC1(C)C. The van der Waals surface area contributed by atoms with Gasteiger partial charge in [0.05, 0.1) is 22.4 Å². The van der Waals surface area contributed by atoms with Crippen molar-refractivity contribution in [2.75, 3.05) is 0 Å². The van der Waals surface area contributed by atoms with E-state index in [9.17, 15) is 0 Å². The van der Waals surface area contributed by atoms with Crippen molar-refractivity contribution in [3.8, 4) is 0 Å². The van der Waals surface area contributed by atoms with Crippen LogP contribution in [0.5, 0.6) is 0 Å². The molecule has 6 heteroatoms. The molecule has 1 aromatic carbocycles. The number of hydrogen-bond acceptors (Lipinski definition) is 4. The van der Waals surface area contributed by atoms with E-state index in [4.69, 9.17) is 18.6 Å². The fourth-order valence-electron chi connectivity index (χ4n) is 4.38. The second-order valence-corrected chi connectivity index (χ2v) is 11.2. The van der Waals surface area contributed by atoms with Crippen LogP contribution in [-0.2, 0) is 18.6 Å². The first-order valence-electron chi connectivity index (χ1n) is 11.6. The van der Waals surface area contributed by atoms with Crippen molar-refractivity contribution in [2.45, 2.75) is 88.9 Å². The van der Waals surface area contributed by atoms with Gasteiger partial charge in [0.2, 0.25) is 0 Å². The Labute approximate surface area is 194 Å². The smallest absolute Gasteiger partial charge is 0.403 e. The molecule has 0 amide bonds. The number of benzene rings is 1. The Bertz CT molecular complexity index is 900. The third-order valence-electron chi connectivity index (χ3n) is 7.98. The van der Waals surface area contributed by atoms with Gasteiger partial charge in [-0.25, -0.2) is 0 Å². The second-order valence-electron chi connectivity index (χ2n) is 11.2. The predicted octanol–water partition coefficient (Wildman–Crippen LogP) is 6.12. The molecule has 0 radical (unpaired) electrons. The summed E-state index contributed by atoms with van der Waals surface area (Å²) in [6.45, 7) is 16.7. The van der Waals surface area contributed by atoms with Crippen LogP contribution in [-0.4, -0.2) is 36.6 Å². The molecule has 0 N–H and O–H groups in total. The maximum atomic E-state index is 6.62. The fraction of sp³-hybridized carbons (Fsp3) is 0.538. The summed E-state index contributed by atoms with van der Waals surface area (Å²) >= 11 is 0. The first-order chi connectivity index (χ1) is 14.8. The topological polar surface area (TPSA) is 36.9 Å². The molecule has 0 aromatic heterocycles. The average molecular weight is 434 g/mol. The predicted molar refractivity (Wildman–Crippen MR) is 132 cm³/mol. The van der Waals surface area contributed by atoms with Crippen LogP contribution in [0.4, 0.5) is 0 Å². The molecule has 0 bridgehead atoms. The van der Waals surface area contributed by atoms with Gasteiger partial charge in [0.1, 0.15) is 0 Å². The third kappa shape index (κ3) is 3.85. The molecule has 2 aliphatic heterocycles. The summed E-state index contributed by atoms with van der Waals surface area (Å²) in [6.07, 6.45) is 12.8. The highest BCUT2D eigenvalue weighted by molar-refractivity contribution is 6.58. The second kappa shape index (κ2) is 7.73. The largest absolute Gasteiger partial charge is 0.472 e. The molecule has 2 unspecified atom stereocenters. The number of rotatable bonds is 4. The normalized spacial score (nSPS) is 32.2. The van der Waals surface area contributed by atoms with E-state index < -0.39 is 42.0 Å². The van der Waals surface area contributed by atoms with Crippen LogP contribution < -0.4 is 0 Å². The lowest BCUT2D eigenvalue weighted by molar-refractivity contribution is 0.00578. The van der Waals surface area contributed by atoms with E-state index in [-0.39, 0.29) is 5.82 Å². The van der Waals surface area contributed by atoms with Gasteiger partial charge in [-0.15, -0.1) is 0 Å². The first-order valence-corrected chi connectivity index (χ1v) is 11.6. The highest BCUT2D eigenvalue weighted by Crippen LogP contribution is 2.58. The Balaban J connectivity index is 1.78. The zero-order valence-electron chi connectivity index (χ0n) is 20.7. The van der Waals surface area contributed by atoms with Gasteiger partial charge in [0, 0.05) is 11.1 Å². The zero-order chi connectivity index (χ0) is 23.4. The Kier molecular flexibility index (Phi) is 5.69. The summed E-state index contributed by atoms with van der Waals surface area (Å²) in [5.41, 5.74) is -0.602. The lowest BCUT2D eigenvalue weighted by atomic mass is 9.41. The minimum absolute atomic E-state index is 0.122. The Morgan fingerprint density at radius 1 is 0.719 bits per heavy atom. The van der Waals surface area contributed by atoms with E-state index >= 15 is 0 Å². The minimum atomic E-state index is -0.600. The van der Waals surface area contributed by atoms with Gasteiger partial charge < -0.3 is 18.6 Å². The van der Waals surface area contributed by atoms with Crippen LogP contribution in [0.1, 0.15) is 61.0 Å². The maximum Gasteiger partial charge on any atom is 0.472 e. The highest BCUT2D eigenvalue weighted by atomic mass is 16.7. The van der Waals surface area contributed by atoms with Crippen LogP contribution >= 0.6 is 0 Å². The van der Waals surface area contributed by atoms with Crippen molar-refractivity contribution in [3.63, 3.8) is 0 Å². The molecule has 1 aliphatic carbocycles. The molecule has 0 spiro atoms. The molecule has 2 atom stereocenters. The van der Waals surface area contributed by atoms with Gasteiger partial charge in [-0.05, 0) is 61.0 Å². The van der Waals surface area contributed by atoms with Gasteiger partial charge in [0.15, 0.2) is 0 Å². The van der Waals surface area contributed by atoms with Crippen LogP contribution in [0.25, 0.3) is 6.08 Å². The summed E-state index contributed by atoms with van der Waals surface area (Å²) in [7, 11) is -0.918. The lowest BCUT2D eigenvalue weighted by Gasteiger charge is -2.38. The van der Waals surface area contributed by atoms with Crippen molar-refractivity contribution >= 4 is 20.3 Å². The summed E-state index contributed by atoms with van der Waals surface area (Å²) < 4.78 is 26.3. The molecular weight excluding hydrogens is 398 g/mol. The van der Waals surface area contributed by atoms with Crippen LogP contribution in [0, 0.1) is 0 Å². The van der Waals surface area contributed by atoms with Crippen LogP contribution in [0.15, 0.2) is 60.7 Å². The molecular formula is C26H36B2O4. The third-order valence-corrected chi connectivity index (χ3v) is 7.98. The minimum Gasteiger partial charge on any atom is -0.403 e. The number of allylic oxidation sites excluding steroid dienone is 5. The monoisotopic (exact) mass is 434 g/mol. The average Bonchev–Trinajstić information content (AvgIpc) is 3.07. The Morgan fingerprint density at radius 2 is 1.25 bits per heavy atom. The van der Waals surface area contributed by atoms with Gasteiger partial charge >= 0.3 is 14.2 Å². The van der Waals surface area contributed by atoms with Crippen molar-refractivity contribution in [3.05, 3.63) is 66.3 Å². The molecule has 1 aromatic rings. The quantitative estimate of drug-likeness (QED) is 0.535. The molecule has 2 fully saturated rings. The fourth-order valence-corrected chi connectivity index (χ4v) is 4.38. The van der Waals surface area contributed by atoms with E-state index in [0.717, 1.165) is 5.56 Å². The van der Waals surface area contributed by atoms with E-state index in [1.807, 2.05) is 18.2 Å². The van der Waals surface area contributed by atoms with Gasteiger partial charge in [-0.3, -0.25) is 0 Å². The van der Waals surface area contributed by atoms with Crippen LogP contribution in [0.2, 0.25) is 11.1 Å². The molecule has 32 heavy (non-hydrogen) atoms. The Hall–Kier alpha value is -1.59. The van der Waals surface area contributed by atoms with Crippen molar-refractivity contribution < 1.29 is 18.6 Å². The molecule has 4 rings (SSSR count). The molecule has 170 valence electrons. The highest BCUT2D eigenvalue weighted by Gasteiger charge is 2.65.